The van der Waals surface area contributed by atoms with Gasteiger partial charge in [0.25, 0.3) is 0 Å². The molecule has 52 valence electrons. The standard InChI is InChI=1S/CH5ClN4O.Pt/c2-5-1(7)6(3)4;/h3-4H2,(H,5,7);. The topological polar surface area (TPSA) is 84.4 Å². The molecule has 0 spiro atoms. The van der Waals surface area contributed by atoms with Crippen molar-refractivity contribution >= 4 is 17.8 Å². The van der Waals surface area contributed by atoms with Crippen molar-refractivity contribution in [3.63, 3.8) is 0 Å². The molecule has 0 bridgehead atoms. The van der Waals surface area contributed by atoms with E-state index in [1.807, 2.05) is 0 Å². The van der Waals surface area contributed by atoms with Crippen LogP contribution in [0.2, 0.25) is 0 Å². The van der Waals surface area contributed by atoms with Gasteiger partial charge in [0.05, 0.1) is 0 Å². The molecule has 0 aliphatic rings. The Morgan fingerprint density at radius 2 is 2.00 bits per heavy atom. The molecule has 5 nitrogen and oxygen atoms in total. The largest absolute Gasteiger partial charge is 0.360 e. The minimum atomic E-state index is -0.748. The van der Waals surface area contributed by atoms with Crippen molar-refractivity contribution in [1.82, 2.24) is 9.95 Å². The maximum absolute atomic E-state index is 9.94. The number of hydrogen-bond acceptors (Lipinski definition) is 3. The Kier molecular flexibility index (Phi) is 7.32. The fourth-order valence-electron chi connectivity index (χ4n) is 0.0488. The molecule has 0 aromatic heterocycles. The number of halogens is 1. The first-order valence-corrected chi connectivity index (χ1v) is 1.76. The number of carbonyl (C=O) groups excluding carboxylic acids is 1. The molecular weight excluding hydrogens is 315 g/mol. The van der Waals surface area contributed by atoms with Gasteiger partial charge < -0.3 is 0 Å². The molecule has 0 aromatic carbocycles. The van der Waals surface area contributed by atoms with E-state index in [9.17, 15) is 4.79 Å². The van der Waals surface area contributed by atoms with Gasteiger partial charge in [-0.2, -0.15) is 5.12 Å². The van der Waals surface area contributed by atoms with E-state index >= 15 is 0 Å². The van der Waals surface area contributed by atoms with Crippen LogP contribution in [0.15, 0.2) is 0 Å². The van der Waals surface area contributed by atoms with E-state index in [2.05, 4.69) is 11.7 Å². The van der Waals surface area contributed by atoms with Crippen molar-refractivity contribution in [2.24, 2.45) is 11.7 Å². The van der Waals surface area contributed by atoms with Gasteiger partial charge in [-0.3, -0.25) is 0 Å². The predicted molar refractivity (Wildman–Crippen MR) is 24.6 cm³/mol. The molecule has 0 aliphatic carbocycles. The summed E-state index contributed by atoms with van der Waals surface area (Å²) in [5, 5.41) is 0.340. The van der Waals surface area contributed by atoms with Gasteiger partial charge in [0.2, 0.25) is 0 Å². The number of nitrogens with one attached hydrogen (secondary N) is 1. The van der Waals surface area contributed by atoms with Gasteiger partial charge in [0.1, 0.15) is 0 Å². The van der Waals surface area contributed by atoms with E-state index in [4.69, 9.17) is 11.8 Å². The first-order chi connectivity index (χ1) is 3.18. The second kappa shape index (κ2) is 5.31. The second-order valence-corrected chi connectivity index (χ2v) is 0.996. The number of carbonyl (C=O) groups is 1. The number of urea groups is 1. The molecule has 8 heavy (non-hydrogen) atoms. The van der Waals surface area contributed by atoms with Crippen LogP contribution in [0.25, 0.3) is 0 Å². The van der Waals surface area contributed by atoms with Crippen LogP contribution in [0.4, 0.5) is 4.79 Å². The molecule has 0 saturated heterocycles. The quantitative estimate of drug-likeness (QED) is 0.229. The van der Waals surface area contributed by atoms with Gasteiger partial charge >= 0.3 is 6.03 Å². The monoisotopic (exact) mass is 319 g/mol. The van der Waals surface area contributed by atoms with Crippen LogP contribution in [-0.2, 0) is 21.1 Å². The molecule has 0 heterocycles. The normalized spacial score (nSPS) is 6.88. The van der Waals surface area contributed by atoms with Crippen LogP contribution in [0.1, 0.15) is 0 Å². The zero-order valence-corrected chi connectivity index (χ0v) is 6.73. The van der Waals surface area contributed by atoms with Crippen molar-refractivity contribution in [2.75, 3.05) is 0 Å². The molecule has 0 saturated carbocycles. The zero-order valence-electron chi connectivity index (χ0n) is 3.70. The van der Waals surface area contributed by atoms with E-state index in [1.165, 1.54) is 0 Å². The van der Waals surface area contributed by atoms with Gasteiger partial charge in [-0.25, -0.2) is 21.3 Å². The number of hydrazine groups is 2. The first kappa shape index (κ1) is 11.0. The third-order valence-electron chi connectivity index (χ3n) is 0.315. The van der Waals surface area contributed by atoms with E-state index in [1.54, 1.807) is 4.84 Å². The summed E-state index contributed by atoms with van der Waals surface area (Å²) >= 11 is 4.75. The van der Waals surface area contributed by atoms with Gasteiger partial charge in [-0.1, -0.05) is 0 Å². The average Bonchev–Trinajstić information content (AvgIpc) is 1.65. The third-order valence-corrected chi connectivity index (χ3v) is 0.477. The van der Waals surface area contributed by atoms with Crippen LogP contribution in [-0.4, -0.2) is 11.1 Å². The third kappa shape index (κ3) is 4.33. The summed E-state index contributed by atoms with van der Waals surface area (Å²) in [6.07, 6.45) is 0. The van der Waals surface area contributed by atoms with E-state index in [0.717, 1.165) is 0 Å². The predicted octanol–water partition coefficient (Wildman–Crippen LogP) is -1.10. The molecule has 0 fully saturated rings. The molecule has 0 aromatic rings. The molecule has 2 amide bonds. The summed E-state index contributed by atoms with van der Waals surface area (Å²) in [6, 6.07) is -0.748. The Bertz CT molecular complexity index is 76.4. The molecule has 5 N–H and O–H groups in total. The summed E-state index contributed by atoms with van der Waals surface area (Å²) < 4.78 is 0. The Morgan fingerprint density at radius 3 is 2.00 bits per heavy atom. The molecule has 0 atom stereocenters. The Labute approximate surface area is 65.6 Å². The SMILES string of the molecule is NN(N)C(=O)NCl.[Pt]. The van der Waals surface area contributed by atoms with Crippen LogP contribution < -0.4 is 16.5 Å². The van der Waals surface area contributed by atoms with Crippen molar-refractivity contribution in [3.8, 4) is 0 Å². The summed E-state index contributed by atoms with van der Waals surface area (Å²) in [6.45, 7) is 0. The summed E-state index contributed by atoms with van der Waals surface area (Å²) in [5.41, 5.74) is 0. The van der Waals surface area contributed by atoms with Crippen molar-refractivity contribution in [2.45, 2.75) is 0 Å². The Balaban J connectivity index is 0. The first-order valence-electron chi connectivity index (χ1n) is 1.38. The molecule has 0 aliphatic heterocycles. The van der Waals surface area contributed by atoms with Gasteiger partial charge in [-0.05, 0) is 0 Å². The zero-order chi connectivity index (χ0) is 5.86. The maximum atomic E-state index is 9.94. The van der Waals surface area contributed by atoms with Gasteiger partial charge in [0.15, 0.2) is 0 Å². The van der Waals surface area contributed by atoms with Crippen LogP contribution in [0, 0.1) is 0 Å². The number of hydrogen-bond donors (Lipinski definition) is 3. The van der Waals surface area contributed by atoms with E-state index in [-0.39, 0.29) is 21.1 Å². The number of amides is 2. The number of rotatable bonds is 0. The fraction of sp³-hybridized carbons (Fsp3) is 0. The summed E-state index contributed by atoms with van der Waals surface area (Å²) in [4.78, 5) is 11.6. The molecule has 7 heteroatoms. The molecule has 0 radical (unpaired) electrons. The molecular formula is CH5ClN4OPt. The summed E-state index contributed by atoms with van der Waals surface area (Å²) in [7, 11) is 0. The fourth-order valence-corrected chi connectivity index (χ4v) is 0.146. The van der Waals surface area contributed by atoms with Crippen LogP contribution in [0.3, 0.4) is 0 Å². The van der Waals surface area contributed by atoms with Gasteiger partial charge in [0, 0.05) is 32.8 Å². The molecule has 0 unspecified atom stereocenters. The smallest absolute Gasteiger partial charge is 0.248 e. The minimum absolute atomic E-state index is 0. The van der Waals surface area contributed by atoms with E-state index in [0.29, 0.717) is 5.12 Å². The van der Waals surface area contributed by atoms with E-state index < -0.39 is 6.03 Å². The minimum Gasteiger partial charge on any atom is -0.248 e. The summed E-state index contributed by atoms with van der Waals surface area (Å²) in [5.74, 6) is 9.32. The molecule has 0 rings (SSSR count). The van der Waals surface area contributed by atoms with Crippen LogP contribution in [0.5, 0.6) is 0 Å². The van der Waals surface area contributed by atoms with Crippen molar-refractivity contribution in [3.05, 3.63) is 0 Å². The van der Waals surface area contributed by atoms with Crippen molar-refractivity contribution in [1.29, 1.82) is 0 Å². The Morgan fingerprint density at radius 1 is 1.62 bits per heavy atom. The average molecular weight is 320 g/mol. The number of nitrogens with two attached hydrogens (primary N) is 2. The van der Waals surface area contributed by atoms with Crippen molar-refractivity contribution < 1.29 is 25.9 Å². The second-order valence-electron chi connectivity index (χ2n) is 0.807. The van der Waals surface area contributed by atoms with Gasteiger partial charge in [-0.15, -0.1) is 0 Å². The maximum Gasteiger partial charge on any atom is 0.360 e. The Hall–Kier alpha value is 0.168. The number of nitrogens with zero attached hydrogens (tertiary/aromatic N) is 1. The van der Waals surface area contributed by atoms with Crippen LogP contribution >= 0.6 is 11.8 Å².